The highest BCUT2D eigenvalue weighted by Gasteiger charge is 2.10. The molecule has 0 aromatic carbocycles. The third-order valence-corrected chi connectivity index (χ3v) is 3.57. The molecule has 2 nitrogen and oxygen atoms in total. The number of hydrogen-bond acceptors (Lipinski definition) is 2. The first-order chi connectivity index (χ1) is 7.33. The molecular formula is C13H27NO. The van der Waals surface area contributed by atoms with Gasteiger partial charge >= 0.3 is 0 Å². The van der Waals surface area contributed by atoms with Gasteiger partial charge in [0, 0.05) is 13.2 Å². The summed E-state index contributed by atoms with van der Waals surface area (Å²) in [6, 6.07) is 0. The van der Waals surface area contributed by atoms with Crippen LogP contribution in [0.5, 0.6) is 0 Å². The zero-order chi connectivity index (χ0) is 10.9. The zero-order valence-corrected chi connectivity index (χ0v) is 10.2. The van der Waals surface area contributed by atoms with Gasteiger partial charge in [0.25, 0.3) is 0 Å². The monoisotopic (exact) mass is 213 g/mol. The second kappa shape index (κ2) is 8.12. The average molecular weight is 213 g/mol. The molecule has 15 heavy (non-hydrogen) atoms. The maximum atomic E-state index is 5.45. The minimum Gasteiger partial charge on any atom is -0.381 e. The molecular weight excluding hydrogens is 186 g/mol. The Hall–Kier alpha value is -0.0800. The summed E-state index contributed by atoms with van der Waals surface area (Å²) >= 11 is 0. The lowest BCUT2D eigenvalue weighted by Gasteiger charge is -2.19. The molecule has 1 aliphatic heterocycles. The molecule has 0 spiro atoms. The SMILES string of the molecule is CC1CCCCC1.NCC1CCOCC1. The normalized spacial score (nSPS) is 24.4. The highest BCUT2D eigenvalue weighted by molar-refractivity contribution is 4.62. The van der Waals surface area contributed by atoms with Crippen LogP contribution in [0.3, 0.4) is 0 Å². The summed E-state index contributed by atoms with van der Waals surface area (Å²) in [7, 11) is 0. The lowest BCUT2D eigenvalue weighted by molar-refractivity contribution is 0.0688. The van der Waals surface area contributed by atoms with Crippen molar-refractivity contribution in [1.29, 1.82) is 0 Å². The van der Waals surface area contributed by atoms with Gasteiger partial charge in [-0.1, -0.05) is 39.0 Å². The van der Waals surface area contributed by atoms with Crippen LogP contribution in [0.2, 0.25) is 0 Å². The van der Waals surface area contributed by atoms with E-state index in [0.717, 1.165) is 44.4 Å². The van der Waals surface area contributed by atoms with Gasteiger partial charge in [0.05, 0.1) is 0 Å². The Kier molecular flexibility index (Phi) is 7.03. The second-order valence-electron chi connectivity index (χ2n) is 5.03. The summed E-state index contributed by atoms with van der Waals surface area (Å²) < 4.78 is 5.15. The number of nitrogens with two attached hydrogens (primary N) is 1. The van der Waals surface area contributed by atoms with Crippen LogP contribution in [-0.4, -0.2) is 19.8 Å². The largest absolute Gasteiger partial charge is 0.381 e. The van der Waals surface area contributed by atoms with Gasteiger partial charge in [0.1, 0.15) is 0 Å². The van der Waals surface area contributed by atoms with E-state index < -0.39 is 0 Å². The van der Waals surface area contributed by atoms with E-state index in [1.54, 1.807) is 0 Å². The molecule has 2 fully saturated rings. The van der Waals surface area contributed by atoms with Crippen molar-refractivity contribution in [2.24, 2.45) is 17.6 Å². The standard InChI is InChI=1S/C7H14.C6H13NO/c1-7-5-3-2-4-6-7;7-5-6-1-3-8-4-2-6/h7H,2-6H2,1H3;6H,1-5,7H2. The van der Waals surface area contributed by atoms with Crippen molar-refractivity contribution >= 4 is 0 Å². The van der Waals surface area contributed by atoms with Gasteiger partial charge in [-0.3, -0.25) is 0 Å². The van der Waals surface area contributed by atoms with Gasteiger partial charge in [-0.25, -0.2) is 0 Å². The summed E-state index contributed by atoms with van der Waals surface area (Å²) in [4.78, 5) is 0. The van der Waals surface area contributed by atoms with Gasteiger partial charge in [-0.05, 0) is 31.2 Å². The molecule has 0 unspecified atom stereocenters. The third kappa shape index (κ3) is 6.16. The highest BCUT2D eigenvalue weighted by atomic mass is 16.5. The van der Waals surface area contributed by atoms with Crippen LogP contribution in [-0.2, 0) is 4.74 Å². The van der Waals surface area contributed by atoms with Crippen molar-refractivity contribution in [2.75, 3.05) is 19.8 Å². The zero-order valence-electron chi connectivity index (χ0n) is 10.2. The molecule has 2 rings (SSSR count). The Bertz CT molecular complexity index is 137. The fraction of sp³-hybridized carbons (Fsp3) is 1.00. The second-order valence-corrected chi connectivity index (χ2v) is 5.03. The smallest absolute Gasteiger partial charge is 0.0469 e. The fourth-order valence-electron chi connectivity index (χ4n) is 2.29. The van der Waals surface area contributed by atoms with Crippen molar-refractivity contribution in [3.8, 4) is 0 Å². The van der Waals surface area contributed by atoms with Crippen molar-refractivity contribution in [1.82, 2.24) is 0 Å². The van der Waals surface area contributed by atoms with Crippen molar-refractivity contribution in [3.05, 3.63) is 0 Å². The van der Waals surface area contributed by atoms with E-state index in [0.29, 0.717) is 0 Å². The Morgan fingerprint density at radius 1 is 1.00 bits per heavy atom. The highest BCUT2D eigenvalue weighted by Crippen LogP contribution is 2.22. The van der Waals surface area contributed by atoms with Crippen molar-refractivity contribution in [2.45, 2.75) is 51.9 Å². The van der Waals surface area contributed by atoms with E-state index in [2.05, 4.69) is 6.92 Å². The molecule has 1 heterocycles. The number of ether oxygens (including phenoxy) is 1. The number of hydrogen-bond donors (Lipinski definition) is 1. The van der Waals surface area contributed by atoms with Crippen LogP contribution in [0.15, 0.2) is 0 Å². The molecule has 1 saturated carbocycles. The summed E-state index contributed by atoms with van der Waals surface area (Å²) in [5, 5.41) is 0. The molecule has 90 valence electrons. The topological polar surface area (TPSA) is 35.2 Å². The van der Waals surface area contributed by atoms with Crippen LogP contribution >= 0.6 is 0 Å². The van der Waals surface area contributed by atoms with Crippen molar-refractivity contribution < 1.29 is 4.74 Å². The molecule has 2 aliphatic rings. The van der Waals surface area contributed by atoms with Crippen LogP contribution in [0.25, 0.3) is 0 Å². The van der Waals surface area contributed by atoms with E-state index in [-0.39, 0.29) is 0 Å². The summed E-state index contributed by atoms with van der Waals surface area (Å²) in [6.07, 6.45) is 9.76. The summed E-state index contributed by atoms with van der Waals surface area (Å²) in [5.74, 6) is 1.78. The van der Waals surface area contributed by atoms with E-state index in [1.165, 1.54) is 32.1 Å². The maximum Gasteiger partial charge on any atom is 0.0469 e. The number of rotatable bonds is 1. The van der Waals surface area contributed by atoms with Crippen LogP contribution in [0.4, 0.5) is 0 Å². The molecule has 1 aliphatic carbocycles. The molecule has 0 atom stereocenters. The average Bonchev–Trinajstić information content (AvgIpc) is 2.32. The first-order valence-corrected chi connectivity index (χ1v) is 6.60. The lowest BCUT2D eigenvalue weighted by atomic mass is 9.91. The molecule has 0 radical (unpaired) electrons. The fourth-order valence-corrected chi connectivity index (χ4v) is 2.29. The van der Waals surface area contributed by atoms with Crippen LogP contribution in [0.1, 0.15) is 51.9 Å². The van der Waals surface area contributed by atoms with Gasteiger partial charge in [0.15, 0.2) is 0 Å². The van der Waals surface area contributed by atoms with Gasteiger partial charge in [0.2, 0.25) is 0 Å². The summed E-state index contributed by atoms with van der Waals surface area (Å²) in [5.41, 5.74) is 5.45. The van der Waals surface area contributed by atoms with E-state index in [4.69, 9.17) is 10.5 Å². The Morgan fingerprint density at radius 2 is 1.60 bits per heavy atom. The molecule has 0 aromatic rings. The minimum atomic E-state index is 0.740. The van der Waals surface area contributed by atoms with E-state index >= 15 is 0 Å². The Morgan fingerprint density at radius 3 is 1.93 bits per heavy atom. The Balaban J connectivity index is 0.000000151. The van der Waals surface area contributed by atoms with E-state index in [1.807, 2.05) is 0 Å². The summed E-state index contributed by atoms with van der Waals surface area (Å²) in [6.45, 7) is 5.03. The first-order valence-electron chi connectivity index (χ1n) is 6.60. The van der Waals surface area contributed by atoms with Gasteiger partial charge < -0.3 is 10.5 Å². The maximum absolute atomic E-state index is 5.45. The Labute approximate surface area is 94.6 Å². The van der Waals surface area contributed by atoms with Crippen LogP contribution < -0.4 is 5.73 Å². The third-order valence-electron chi connectivity index (χ3n) is 3.57. The quantitative estimate of drug-likeness (QED) is 0.727. The molecule has 0 amide bonds. The molecule has 0 bridgehead atoms. The lowest BCUT2D eigenvalue weighted by Crippen LogP contribution is -2.22. The molecule has 0 aromatic heterocycles. The van der Waals surface area contributed by atoms with Crippen LogP contribution in [0, 0.1) is 11.8 Å². The molecule has 2 heteroatoms. The predicted molar refractivity (Wildman–Crippen MR) is 64.8 cm³/mol. The van der Waals surface area contributed by atoms with Crippen molar-refractivity contribution in [3.63, 3.8) is 0 Å². The molecule has 1 saturated heterocycles. The van der Waals surface area contributed by atoms with Gasteiger partial charge in [-0.15, -0.1) is 0 Å². The first kappa shape index (κ1) is 13.0. The predicted octanol–water partition coefficient (Wildman–Crippen LogP) is 2.96. The minimum absolute atomic E-state index is 0.740. The van der Waals surface area contributed by atoms with E-state index in [9.17, 15) is 0 Å². The van der Waals surface area contributed by atoms with Gasteiger partial charge in [-0.2, -0.15) is 0 Å². The molecule has 2 N–H and O–H groups in total.